The van der Waals surface area contributed by atoms with Gasteiger partial charge in [-0.2, -0.15) is 0 Å². The first kappa shape index (κ1) is 15.0. The predicted molar refractivity (Wildman–Crippen MR) is 105 cm³/mol. The van der Waals surface area contributed by atoms with Crippen LogP contribution in [-0.4, -0.2) is 13.5 Å². The number of hydrogen-bond acceptors (Lipinski definition) is 2. The van der Waals surface area contributed by atoms with Crippen molar-refractivity contribution in [2.24, 2.45) is 0 Å². The monoisotopic (exact) mass is 362 g/mol. The molecule has 0 N–H and O–H groups in total. The Hall–Kier alpha value is -2.30. The van der Waals surface area contributed by atoms with Gasteiger partial charge in [-0.1, -0.05) is 60.7 Å². The molecule has 0 amide bonds. The Labute approximate surface area is 150 Å². The molecule has 0 aromatic heterocycles. The van der Waals surface area contributed by atoms with Gasteiger partial charge in [0, 0.05) is 20.9 Å². The summed E-state index contributed by atoms with van der Waals surface area (Å²) in [7, 11) is -2.58. The van der Waals surface area contributed by atoms with Crippen LogP contribution in [0, 0.1) is 0 Å². The van der Waals surface area contributed by atoms with Gasteiger partial charge in [0.25, 0.3) is 0 Å². The van der Waals surface area contributed by atoms with Crippen molar-refractivity contribution in [1.29, 1.82) is 0 Å². The zero-order valence-corrected chi connectivity index (χ0v) is 14.9. The molecule has 0 spiro atoms. The van der Waals surface area contributed by atoms with Gasteiger partial charge in [-0.3, -0.25) is 8.42 Å². The van der Waals surface area contributed by atoms with E-state index in [1.807, 2.05) is 48.5 Å². The third-order valence-electron chi connectivity index (χ3n) is 4.74. The van der Waals surface area contributed by atoms with Gasteiger partial charge in [-0.15, -0.1) is 0 Å². The molecule has 2 atom stereocenters. The average Bonchev–Trinajstić information content (AvgIpc) is 2.76. The fourth-order valence-electron chi connectivity index (χ4n) is 3.62. The number of rotatable bonds is 0. The molecule has 4 aromatic carbocycles. The molecule has 1 aliphatic heterocycles. The molecule has 0 aliphatic carbocycles. The summed E-state index contributed by atoms with van der Waals surface area (Å²) in [6.07, 6.45) is 0. The summed E-state index contributed by atoms with van der Waals surface area (Å²) < 4.78 is 25.8. The van der Waals surface area contributed by atoms with Crippen molar-refractivity contribution in [3.63, 3.8) is 0 Å². The molecular weight excluding hydrogens is 348 g/mol. The lowest BCUT2D eigenvalue weighted by atomic mass is 9.94. The Balaban J connectivity index is 2.06. The summed E-state index contributed by atoms with van der Waals surface area (Å²) in [5.74, 6) is 0. The lowest BCUT2D eigenvalue weighted by molar-refractivity contribution is 0.680. The molecule has 1 heterocycles. The zero-order chi connectivity index (χ0) is 17.0. The van der Waals surface area contributed by atoms with Crippen LogP contribution in [0.4, 0.5) is 0 Å². The fourth-order valence-corrected chi connectivity index (χ4v) is 6.73. The second kappa shape index (κ2) is 5.61. The summed E-state index contributed by atoms with van der Waals surface area (Å²) in [5.41, 5.74) is 1.93. The molecule has 0 fully saturated rings. The third kappa shape index (κ3) is 2.21. The van der Waals surface area contributed by atoms with E-state index in [1.54, 1.807) is 0 Å². The second-order valence-corrected chi connectivity index (χ2v) is 9.33. The Morgan fingerprint density at radius 1 is 0.560 bits per heavy atom. The summed E-state index contributed by atoms with van der Waals surface area (Å²) in [5, 5.41) is 4.47. The summed E-state index contributed by atoms with van der Waals surface area (Å²) in [4.78, 5) is 1.56. The minimum absolute atomic E-state index is 0.149. The van der Waals surface area contributed by atoms with Crippen molar-refractivity contribution >= 4 is 43.1 Å². The molecule has 0 radical (unpaired) electrons. The van der Waals surface area contributed by atoms with Gasteiger partial charge in [0.15, 0.2) is 0 Å². The van der Waals surface area contributed by atoms with Gasteiger partial charge in [-0.25, -0.2) is 0 Å². The van der Waals surface area contributed by atoms with E-state index in [0.717, 1.165) is 42.5 Å². The Morgan fingerprint density at radius 2 is 1.00 bits per heavy atom. The van der Waals surface area contributed by atoms with E-state index in [-0.39, 0.29) is 5.08 Å². The van der Waals surface area contributed by atoms with Crippen molar-refractivity contribution in [2.75, 3.05) is 5.08 Å². The molecule has 0 saturated heterocycles. The highest BCUT2D eigenvalue weighted by atomic mass is 32.2. The summed E-state index contributed by atoms with van der Waals surface area (Å²) in [6.45, 7) is 0. The van der Waals surface area contributed by atoms with Gasteiger partial charge in [0.1, 0.15) is 5.08 Å². The fraction of sp³-hybridized carbons (Fsp3) is 0.0476. The minimum Gasteiger partial charge on any atom is -0.253 e. The smallest absolute Gasteiger partial charge is 0.109 e. The molecule has 122 valence electrons. The normalized spacial score (nSPS) is 19.4. The minimum atomic E-state index is -1.29. The first-order valence-corrected chi connectivity index (χ1v) is 10.7. The van der Waals surface area contributed by atoms with Crippen LogP contribution >= 0.6 is 0 Å². The lowest BCUT2D eigenvalue weighted by Gasteiger charge is -2.14. The third-order valence-corrected chi connectivity index (χ3v) is 8.11. The highest BCUT2D eigenvalue weighted by molar-refractivity contribution is 8.02. The standard InChI is InChI=1S/C21H14O2S2/c22-24-13-25(23)19-12-10-15-6-2-4-8-17(15)21(19)20-16-7-3-1-5-14(16)9-11-18(20)24/h1-12H,13H2. The molecule has 2 nitrogen and oxygen atoms in total. The van der Waals surface area contributed by atoms with Crippen LogP contribution < -0.4 is 0 Å². The quantitative estimate of drug-likeness (QED) is 0.448. The molecule has 4 heteroatoms. The van der Waals surface area contributed by atoms with Crippen LogP contribution in [0.1, 0.15) is 0 Å². The van der Waals surface area contributed by atoms with Gasteiger partial charge < -0.3 is 0 Å². The van der Waals surface area contributed by atoms with E-state index in [4.69, 9.17) is 0 Å². The van der Waals surface area contributed by atoms with Crippen molar-refractivity contribution < 1.29 is 8.42 Å². The van der Waals surface area contributed by atoms with Crippen molar-refractivity contribution in [3.05, 3.63) is 72.8 Å². The largest absolute Gasteiger partial charge is 0.253 e. The van der Waals surface area contributed by atoms with E-state index in [2.05, 4.69) is 24.3 Å². The molecule has 0 bridgehead atoms. The van der Waals surface area contributed by atoms with E-state index in [1.165, 1.54) is 0 Å². The van der Waals surface area contributed by atoms with Crippen LogP contribution in [0.3, 0.4) is 0 Å². The van der Waals surface area contributed by atoms with Crippen molar-refractivity contribution in [1.82, 2.24) is 0 Å². The van der Waals surface area contributed by atoms with Crippen molar-refractivity contribution in [2.45, 2.75) is 9.79 Å². The Morgan fingerprint density at radius 3 is 1.48 bits per heavy atom. The van der Waals surface area contributed by atoms with Gasteiger partial charge >= 0.3 is 0 Å². The Bertz CT molecular complexity index is 1120. The molecule has 2 unspecified atom stereocenters. The lowest BCUT2D eigenvalue weighted by Crippen LogP contribution is -2.02. The maximum absolute atomic E-state index is 12.9. The van der Waals surface area contributed by atoms with Gasteiger partial charge in [0.2, 0.25) is 0 Å². The van der Waals surface area contributed by atoms with Crippen LogP contribution in [0.2, 0.25) is 0 Å². The first-order valence-electron chi connectivity index (χ1n) is 8.04. The zero-order valence-electron chi connectivity index (χ0n) is 13.3. The van der Waals surface area contributed by atoms with Gasteiger partial charge in [0.05, 0.1) is 21.6 Å². The molecule has 5 rings (SSSR count). The predicted octanol–water partition coefficient (Wildman–Crippen LogP) is 4.85. The highest BCUT2D eigenvalue weighted by Crippen LogP contribution is 2.43. The molecule has 25 heavy (non-hydrogen) atoms. The van der Waals surface area contributed by atoms with E-state index < -0.39 is 21.6 Å². The maximum atomic E-state index is 12.9. The first-order chi connectivity index (χ1) is 12.2. The Kier molecular flexibility index (Phi) is 3.37. The van der Waals surface area contributed by atoms with E-state index >= 15 is 0 Å². The van der Waals surface area contributed by atoms with Gasteiger partial charge in [-0.05, 0) is 33.7 Å². The van der Waals surface area contributed by atoms with Crippen LogP contribution in [0.25, 0.3) is 32.7 Å². The van der Waals surface area contributed by atoms with E-state index in [9.17, 15) is 8.42 Å². The molecule has 0 saturated carbocycles. The molecular formula is C21H14O2S2. The van der Waals surface area contributed by atoms with Crippen LogP contribution in [0.5, 0.6) is 0 Å². The van der Waals surface area contributed by atoms with Crippen LogP contribution in [0.15, 0.2) is 82.6 Å². The molecule has 4 aromatic rings. The van der Waals surface area contributed by atoms with E-state index in [0.29, 0.717) is 0 Å². The second-order valence-electron chi connectivity index (χ2n) is 6.13. The highest BCUT2D eigenvalue weighted by Gasteiger charge is 2.27. The maximum Gasteiger partial charge on any atom is 0.109 e. The summed E-state index contributed by atoms with van der Waals surface area (Å²) >= 11 is 0. The van der Waals surface area contributed by atoms with Crippen LogP contribution in [-0.2, 0) is 21.6 Å². The number of hydrogen-bond donors (Lipinski definition) is 0. The number of benzene rings is 4. The van der Waals surface area contributed by atoms with Crippen molar-refractivity contribution in [3.8, 4) is 11.1 Å². The number of fused-ring (bicyclic) bond motifs is 7. The molecule has 1 aliphatic rings. The average molecular weight is 362 g/mol. The SMILES string of the molecule is O=S1CS(=O)c2ccc3ccccc3c2-c2c1ccc1ccccc21. The topological polar surface area (TPSA) is 34.1 Å². The summed E-state index contributed by atoms with van der Waals surface area (Å²) in [6, 6.07) is 24.1.